The van der Waals surface area contributed by atoms with Gasteiger partial charge in [0.2, 0.25) is 5.91 Å². The minimum atomic E-state index is -2.11. The van der Waals surface area contributed by atoms with Crippen molar-refractivity contribution in [2.75, 3.05) is 0 Å². The summed E-state index contributed by atoms with van der Waals surface area (Å²) in [7, 11) is 0. The molecule has 0 aliphatic heterocycles. The number of nitrogens with two attached hydrogens (primary N) is 1. The Morgan fingerprint density at radius 3 is 1.62 bits per heavy atom. The number of primary amides is 1. The number of aliphatic carboxylic acids is 1. The van der Waals surface area contributed by atoms with E-state index < -0.39 is 41.4 Å². The van der Waals surface area contributed by atoms with Crippen LogP contribution in [-0.4, -0.2) is 68.4 Å². The molecule has 0 saturated heterocycles. The fourth-order valence-electron chi connectivity index (χ4n) is 0.153. The molecule has 0 saturated carbocycles. The first-order valence-corrected chi connectivity index (χ1v) is 12.1. The van der Waals surface area contributed by atoms with Crippen molar-refractivity contribution in [2.45, 2.75) is 0 Å². The van der Waals surface area contributed by atoms with E-state index in [-0.39, 0.29) is 51.4 Å². The summed E-state index contributed by atoms with van der Waals surface area (Å²) in [6.07, 6.45) is 1.46. The molecule has 0 unspecified atom stereocenters. The summed E-state index contributed by atoms with van der Waals surface area (Å²) in [5, 5.41) is 7.87. The average molecular weight is 412 g/mol. The van der Waals surface area contributed by atoms with Gasteiger partial charge in [-0.2, -0.15) is 0 Å². The van der Waals surface area contributed by atoms with Crippen molar-refractivity contribution < 1.29 is 44.2 Å². The molecule has 0 radical (unpaired) electrons. The number of rotatable bonds is 2. The molecule has 0 spiro atoms. The van der Waals surface area contributed by atoms with Gasteiger partial charge in [-0.25, -0.2) is 4.79 Å². The molecule has 0 aromatic carbocycles. The Labute approximate surface area is 139 Å². The summed E-state index contributed by atoms with van der Waals surface area (Å²) in [6, 6.07) is 0. The van der Waals surface area contributed by atoms with E-state index in [0.717, 1.165) is 6.08 Å². The maximum atomic E-state index is 9.78. The number of carbonyl (C=O) groups is 2. The van der Waals surface area contributed by atoms with Crippen molar-refractivity contribution in [1.29, 1.82) is 0 Å². The van der Waals surface area contributed by atoms with Crippen molar-refractivity contribution >= 4 is 80.9 Å². The summed E-state index contributed by atoms with van der Waals surface area (Å²) >= 11 is -2.11. The topological polar surface area (TPSA) is 80.4 Å². The van der Waals surface area contributed by atoms with Crippen LogP contribution in [0.2, 0.25) is 0 Å². The van der Waals surface area contributed by atoms with E-state index in [9.17, 15) is 9.59 Å². The third kappa shape index (κ3) is 40.2. The second kappa shape index (κ2) is 14.5. The zero-order chi connectivity index (χ0) is 10.1. The van der Waals surface area contributed by atoms with Gasteiger partial charge in [-0.3, -0.25) is 4.79 Å². The van der Waals surface area contributed by atoms with Crippen LogP contribution in [-0.2, 0) is 9.59 Å². The van der Waals surface area contributed by atoms with Crippen molar-refractivity contribution in [3.8, 4) is 0 Å². The number of hydrogen-bond donors (Lipinski definition) is 2. The Bertz CT molecular complexity index is 171. The SMILES string of the molecule is NC(=O)/C=C\C(=O)O.[Cl][Sm]([Cl])[Cl].[KH]. The van der Waals surface area contributed by atoms with Gasteiger partial charge in [0.25, 0.3) is 0 Å². The van der Waals surface area contributed by atoms with E-state index in [0.29, 0.717) is 6.08 Å². The van der Waals surface area contributed by atoms with Crippen LogP contribution < -0.4 is 5.73 Å². The zero-order valence-electron chi connectivity index (χ0n) is 5.54. The number of carboxylic acids is 1. The quantitative estimate of drug-likeness (QED) is 0.514. The van der Waals surface area contributed by atoms with Crippen molar-refractivity contribution in [2.24, 2.45) is 5.73 Å². The van der Waals surface area contributed by atoms with E-state index in [1.807, 2.05) is 0 Å². The monoisotopic (exact) mass is 412 g/mol. The van der Waals surface area contributed by atoms with Gasteiger partial charge in [0.15, 0.2) is 0 Å². The van der Waals surface area contributed by atoms with Gasteiger partial charge in [0.05, 0.1) is 0 Å². The molecule has 0 heterocycles. The summed E-state index contributed by atoms with van der Waals surface area (Å²) in [5.74, 6) is 13.1. The summed E-state index contributed by atoms with van der Waals surface area (Å²) in [4.78, 5) is 19.4. The van der Waals surface area contributed by atoms with E-state index in [1.54, 1.807) is 0 Å². The molecule has 13 heavy (non-hydrogen) atoms. The van der Waals surface area contributed by atoms with Crippen LogP contribution in [0, 0.1) is 29.6 Å². The van der Waals surface area contributed by atoms with Crippen LogP contribution in [0.15, 0.2) is 12.2 Å². The standard InChI is InChI=1S/C4H5NO3.3ClH.K.Sm.H/c5-3(6)1-2-4(7)8;;;;;;/h1-2H,(H2,5,6)(H,7,8);3*1H;;;/q;;;;;+3;/p-3/b2-1-;;;;;;. The van der Waals surface area contributed by atoms with Crippen LogP contribution in [0.5, 0.6) is 0 Å². The molecule has 0 aromatic rings. The third-order valence-corrected chi connectivity index (χ3v) is 0.390. The number of hydrogen-bond acceptors (Lipinski definition) is 2. The molecule has 0 aliphatic carbocycles. The maximum absolute atomic E-state index is 9.78. The molecule has 1 amide bonds. The van der Waals surface area contributed by atoms with E-state index >= 15 is 0 Å². The van der Waals surface area contributed by atoms with E-state index in [1.165, 1.54) is 0 Å². The Kier molecular flexibility index (Phi) is 23.3. The predicted octanol–water partition coefficient (Wildman–Crippen LogP) is 0.532. The molecule has 4 nitrogen and oxygen atoms in total. The molecule has 3 N–H and O–H groups in total. The molecule has 73 valence electrons. The number of carbonyl (C=O) groups excluding carboxylic acids is 1. The first-order valence-electron chi connectivity index (χ1n) is 2.29. The molecule has 0 bridgehead atoms. The average Bonchev–Trinajstić information content (AvgIpc) is 1.82. The second-order valence-corrected chi connectivity index (χ2v) is 12.8. The van der Waals surface area contributed by atoms with Crippen LogP contribution in [0.4, 0.5) is 0 Å². The number of amides is 1. The van der Waals surface area contributed by atoms with E-state index in [2.05, 4.69) is 5.73 Å². The fraction of sp³-hybridized carbons (Fsp3) is 0. The van der Waals surface area contributed by atoms with Crippen LogP contribution >= 0.6 is 17.7 Å². The van der Waals surface area contributed by atoms with Crippen LogP contribution in [0.25, 0.3) is 0 Å². The molecular weight excluding hydrogens is 406 g/mol. The minimum absolute atomic E-state index is 0. The molecule has 9 heteroatoms. The van der Waals surface area contributed by atoms with Gasteiger partial charge in [-0.15, -0.1) is 0 Å². The summed E-state index contributed by atoms with van der Waals surface area (Å²) < 4.78 is 0. The molecule has 0 fully saturated rings. The Morgan fingerprint density at radius 2 is 1.54 bits per heavy atom. The first-order chi connectivity index (χ1) is 5.36. The van der Waals surface area contributed by atoms with Crippen LogP contribution in [0.3, 0.4) is 0 Å². The Morgan fingerprint density at radius 1 is 1.23 bits per heavy atom. The summed E-state index contributed by atoms with van der Waals surface area (Å²) in [6.45, 7) is 0. The van der Waals surface area contributed by atoms with Gasteiger partial charge >= 0.3 is 105 Å². The molecular formula is C4H6Cl3KNO3Sm. The van der Waals surface area contributed by atoms with Gasteiger partial charge in [0.1, 0.15) is 0 Å². The zero-order valence-corrected chi connectivity index (χ0v) is 10.4. The summed E-state index contributed by atoms with van der Waals surface area (Å²) in [5.41, 5.74) is 4.55. The first kappa shape index (κ1) is 20.9. The van der Waals surface area contributed by atoms with Crippen molar-refractivity contribution in [3.05, 3.63) is 12.2 Å². The third-order valence-electron chi connectivity index (χ3n) is 0.390. The van der Waals surface area contributed by atoms with Gasteiger partial charge in [-0.05, 0) is 0 Å². The second-order valence-electron chi connectivity index (χ2n) is 1.25. The Hall–Kier alpha value is 2.52. The normalized spacial score (nSPS) is 8.62. The molecule has 0 atom stereocenters. The van der Waals surface area contributed by atoms with Gasteiger partial charge in [0, 0.05) is 12.2 Å². The van der Waals surface area contributed by atoms with E-state index in [4.69, 9.17) is 22.8 Å². The molecule has 0 aliphatic rings. The predicted molar refractivity (Wildman–Crippen MR) is 50.7 cm³/mol. The molecule has 0 rings (SSSR count). The van der Waals surface area contributed by atoms with Gasteiger partial charge < -0.3 is 10.8 Å². The van der Waals surface area contributed by atoms with Gasteiger partial charge in [-0.1, -0.05) is 0 Å². The number of halogens is 3. The van der Waals surface area contributed by atoms with Crippen molar-refractivity contribution in [1.82, 2.24) is 0 Å². The Balaban J connectivity index is -0.000000173. The molecule has 0 aromatic heterocycles. The van der Waals surface area contributed by atoms with Crippen molar-refractivity contribution in [3.63, 3.8) is 0 Å². The fourth-order valence-corrected chi connectivity index (χ4v) is 0.153. The van der Waals surface area contributed by atoms with Crippen LogP contribution in [0.1, 0.15) is 0 Å². The number of carboxylic acid groups (broad SMARTS) is 1.